The van der Waals surface area contributed by atoms with Gasteiger partial charge in [0.1, 0.15) is 5.82 Å². The molecule has 0 saturated heterocycles. The number of halogens is 1. The Hall–Kier alpha value is -2.96. The molecule has 1 aromatic heterocycles. The van der Waals surface area contributed by atoms with Crippen molar-refractivity contribution in [3.8, 4) is 11.4 Å². The zero-order valence-electron chi connectivity index (χ0n) is 11.1. The van der Waals surface area contributed by atoms with Crippen molar-refractivity contribution in [1.29, 1.82) is 0 Å². The Morgan fingerprint density at radius 2 is 1.67 bits per heavy atom. The Balaban J connectivity index is 1.95. The first-order chi connectivity index (χ1) is 10.1. The lowest BCUT2D eigenvalue weighted by atomic mass is 10.1. The molecule has 2 aromatic carbocycles. The minimum Gasteiger partial charge on any atom is -0.399 e. The first-order valence-corrected chi connectivity index (χ1v) is 6.29. The third kappa shape index (κ3) is 2.81. The summed E-state index contributed by atoms with van der Waals surface area (Å²) in [4.78, 5) is 0. The van der Waals surface area contributed by atoms with Crippen LogP contribution >= 0.6 is 0 Å². The highest BCUT2D eigenvalue weighted by atomic mass is 19.1. The molecular weight excluding hydrogens is 271 g/mol. The summed E-state index contributed by atoms with van der Waals surface area (Å²) in [6.45, 7) is 0.428. The minimum atomic E-state index is -0.278. The van der Waals surface area contributed by atoms with Crippen LogP contribution in [0.25, 0.3) is 11.4 Å². The van der Waals surface area contributed by atoms with Crippen LogP contribution in [0.1, 0.15) is 5.56 Å². The molecule has 0 amide bonds. The molecule has 0 unspecified atom stereocenters. The molecule has 0 aliphatic heterocycles. The van der Waals surface area contributed by atoms with E-state index in [0.29, 0.717) is 23.7 Å². The van der Waals surface area contributed by atoms with Gasteiger partial charge in [0, 0.05) is 16.9 Å². The average molecular weight is 284 g/mol. The molecule has 0 saturated carbocycles. The van der Waals surface area contributed by atoms with Crippen LogP contribution in [-0.4, -0.2) is 20.2 Å². The van der Waals surface area contributed by atoms with E-state index in [0.717, 1.165) is 11.1 Å². The number of rotatable bonds is 3. The third-order valence-corrected chi connectivity index (χ3v) is 3.01. The molecule has 0 atom stereocenters. The number of anilines is 2. The maximum atomic E-state index is 12.9. The number of nitrogen functional groups attached to an aromatic ring is 2. The zero-order valence-corrected chi connectivity index (χ0v) is 11.1. The molecule has 4 N–H and O–H groups in total. The van der Waals surface area contributed by atoms with E-state index in [1.807, 2.05) is 0 Å². The Labute approximate surface area is 120 Å². The van der Waals surface area contributed by atoms with Gasteiger partial charge in [-0.1, -0.05) is 12.1 Å². The van der Waals surface area contributed by atoms with Crippen LogP contribution in [-0.2, 0) is 6.54 Å². The van der Waals surface area contributed by atoms with Crippen LogP contribution in [0.5, 0.6) is 0 Å². The van der Waals surface area contributed by atoms with Gasteiger partial charge in [0.25, 0.3) is 0 Å². The van der Waals surface area contributed by atoms with Crippen LogP contribution in [0.4, 0.5) is 15.8 Å². The van der Waals surface area contributed by atoms with Crippen molar-refractivity contribution in [2.75, 3.05) is 11.5 Å². The van der Waals surface area contributed by atoms with E-state index in [-0.39, 0.29) is 5.82 Å². The third-order valence-electron chi connectivity index (χ3n) is 3.01. The van der Waals surface area contributed by atoms with Gasteiger partial charge < -0.3 is 11.5 Å². The molecule has 6 nitrogen and oxygen atoms in total. The number of nitrogens with two attached hydrogens (primary N) is 2. The van der Waals surface area contributed by atoms with E-state index in [4.69, 9.17) is 11.5 Å². The number of nitrogens with zero attached hydrogens (tertiary/aromatic N) is 4. The first-order valence-electron chi connectivity index (χ1n) is 6.29. The molecule has 0 aliphatic carbocycles. The molecule has 21 heavy (non-hydrogen) atoms. The summed E-state index contributed by atoms with van der Waals surface area (Å²) in [5.41, 5.74) is 14.3. The monoisotopic (exact) mass is 284 g/mol. The second-order valence-corrected chi connectivity index (χ2v) is 4.67. The molecule has 106 valence electrons. The molecule has 7 heteroatoms. The molecule has 0 radical (unpaired) electrons. The quantitative estimate of drug-likeness (QED) is 0.713. The second kappa shape index (κ2) is 5.20. The lowest BCUT2D eigenvalue weighted by Gasteiger charge is -2.06. The van der Waals surface area contributed by atoms with E-state index in [2.05, 4.69) is 15.5 Å². The smallest absolute Gasteiger partial charge is 0.182 e. The summed E-state index contributed by atoms with van der Waals surface area (Å²) in [6.07, 6.45) is 0. The van der Waals surface area contributed by atoms with E-state index in [1.54, 1.807) is 35.0 Å². The summed E-state index contributed by atoms with van der Waals surface area (Å²) in [5, 5.41) is 11.6. The first kappa shape index (κ1) is 13.0. The Morgan fingerprint density at radius 3 is 2.33 bits per heavy atom. The van der Waals surface area contributed by atoms with Gasteiger partial charge in [-0.05, 0) is 46.3 Å². The Kier molecular flexibility index (Phi) is 3.23. The highest BCUT2D eigenvalue weighted by molar-refractivity contribution is 5.67. The van der Waals surface area contributed by atoms with Gasteiger partial charge in [-0.25, -0.2) is 9.07 Å². The number of hydrogen-bond donors (Lipinski definition) is 2. The van der Waals surface area contributed by atoms with Gasteiger partial charge in [-0.2, -0.15) is 0 Å². The topological polar surface area (TPSA) is 95.6 Å². The van der Waals surface area contributed by atoms with Crippen LogP contribution in [0, 0.1) is 5.82 Å². The van der Waals surface area contributed by atoms with Gasteiger partial charge in [-0.3, -0.25) is 0 Å². The fourth-order valence-corrected chi connectivity index (χ4v) is 2.09. The Morgan fingerprint density at radius 1 is 1.00 bits per heavy atom. The summed E-state index contributed by atoms with van der Waals surface area (Å²) in [7, 11) is 0. The van der Waals surface area contributed by atoms with Crippen molar-refractivity contribution >= 4 is 11.4 Å². The maximum Gasteiger partial charge on any atom is 0.182 e. The van der Waals surface area contributed by atoms with Crippen molar-refractivity contribution in [2.45, 2.75) is 6.54 Å². The average Bonchev–Trinajstić information content (AvgIpc) is 2.88. The van der Waals surface area contributed by atoms with E-state index in [1.165, 1.54) is 12.1 Å². The molecule has 1 heterocycles. The number of tetrazole rings is 1. The van der Waals surface area contributed by atoms with E-state index in [9.17, 15) is 4.39 Å². The van der Waals surface area contributed by atoms with Crippen molar-refractivity contribution in [3.05, 3.63) is 53.8 Å². The van der Waals surface area contributed by atoms with Crippen molar-refractivity contribution in [2.24, 2.45) is 0 Å². The van der Waals surface area contributed by atoms with Crippen molar-refractivity contribution in [3.63, 3.8) is 0 Å². The summed E-state index contributed by atoms with van der Waals surface area (Å²) >= 11 is 0. The molecular formula is C14H13FN6. The molecule has 0 fully saturated rings. The molecule has 3 rings (SSSR count). The zero-order chi connectivity index (χ0) is 14.8. The maximum absolute atomic E-state index is 12.9. The van der Waals surface area contributed by atoms with E-state index < -0.39 is 0 Å². The van der Waals surface area contributed by atoms with Crippen LogP contribution < -0.4 is 11.5 Å². The van der Waals surface area contributed by atoms with Gasteiger partial charge >= 0.3 is 0 Å². The standard InChI is InChI=1S/C14H13FN6/c15-11-3-1-9(2-4-11)8-21-14(18-19-20-21)10-5-12(16)7-13(17)6-10/h1-7H,8,16-17H2. The SMILES string of the molecule is Nc1cc(N)cc(-c2nnnn2Cc2ccc(F)cc2)c1. The lowest BCUT2D eigenvalue weighted by Crippen LogP contribution is -2.05. The van der Waals surface area contributed by atoms with Gasteiger partial charge in [0.05, 0.1) is 6.54 Å². The summed E-state index contributed by atoms with van der Waals surface area (Å²) < 4.78 is 14.5. The van der Waals surface area contributed by atoms with Crippen LogP contribution in [0.15, 0.2) is 42.5 Å². The van der Waals surface area contributed by atoms with Gasteiger partial charge in [0.15, 0.2) is 5.82 Å². The predicted octanol–water partition coefficient (Wildman–Crippen LogP) is 1.69. The van der Waals surface area contributed by atoms with Gasteiger partial charge in [0.2, 0.25) is 0 Å². The highest BCUT2D eigenvalue weighted by Gasteiger charge is 2.10. The minimum absolute atomic E-state index is 0.278. The molecule has 0 spiro atoms. The van der Waals surface area contributed by atoms with Crippen LogP contribution in [0.3, 0.4) is 0 Å². The van der Waals surface area contributed by atoms with Crippen molar-refractivity contribution < 1.29 is 4.39 Å². The van der Waals surface area contributed by atoms with Gasteiger partial charge in [-0.15, -0.1) is 5.10 Å². The summed E-state index contributed by atoms with van der Waals surface area (Å²) in [6, 6.07) is 11.3. The van der Waals surface area contributed by atoms with Crippen LogP contribution in [0.2, 0.25) is 0 Å². The number of hydrogen-bond acceptors (Lipinski definition) is 5. The fourth-order valence-electron chi connectivity index (χ4n) is 2.09. The molecule has 0 aliphatic rings. The van der Waals surface area contributed by atoms with Crippen molar-refractivity contribution in [1.82, 2.24) is 20.2 Å². The Bertz CT molecular complexity index is 745. The molecule has 0 bridgehead atoms. The highest BCUT2D eigenvalue weighted by Crippen LogP contribution is 2.23. The van der Waals surface area contributed by atoms with E-state index >= 15 is 0 Å². The fraction of sp³-hybridized carbons (Fsp3) is 0.0714. The molecule has 3 aromatic rings. The summed E-state index contributed by atoms with van der Waals surface area (Å²) in [5.74, 6) is 0.276. The largest absolute Gasteiger partial charge is 0.399 e. The number of benzene rings is 2. The predicted molar refractivity (Wildman–Crippen MR) is 77.6 cm³/mol. The normalized spacial score (nSPS) is 10.7. The number of aromatic nitrogens is 4. The lowest BCUT2D eigenvalue weighted by molar-refractivity contribution is 0.622. The second-order valence-electron chi connectivity index (χ2n) is 4.67.